The van der Waals surface area contributed by atoms with Crippen molar-refractivity contribution in [2.24, 2.45) is 29.6 Å². The van der Waals surface area contributed by atoms with E-state index in [-0.39, 0.29) is 11.7 Å². The van der Waals surface area contributed by atoms with E-state index in [0.29, 0.717) is 12.2 Å². The van der Waals surface area contributed by atoms with Crippen LogP contribution in [0, 0.1) is 41.2 Å². The first kappa shape index (κ1) is 30.6. The number of benzene rings is 1. The number of hydrogen-bond donors (Lipinski definition) is 0. The lowest BCUT2D eigenvalue weighted by atomic mass is 9.68. The smallest absolute Gasteiger partial charge is 0.200 e. The second-order valence-corrected chi connectivity index (χ2v) is 13.2. The fourth-order valence-electron chi connectivity index (χ4n) is 8.13. The molecular formula is C36H56F2O. The Morgan fingerprint density at radius 2 is 1.36 bits per heavy atom. The molecule has 0 spiro atoms. The summed E-state index contributed by atoms with van der Waals surface area (Å²) >= 11 is 0. The van der Waals surface area contributed by atoms with Gasteiger partial charge < -0.3 is 4.74 Å². The van der Waals surface area contributed by atoms with Gasteiger partial charge in [0.25, 0.3) is 0 Å². The predicted molar refractivity (Wildman–Crippen MR) is 160 cm³/mol. The molecule has 220 valence electrons. The van der Waals surface area contributed by atoms with Crippen molar-refractivity contribution in [3.8, 4) is 5.75 Å². The Labute approximate surface area is 238 Å². The van der Waals surface area contributed by atoms with Gasteiger partial charge in [0.05, 0.1) is 6.61 Å². The number of unbranched alkanes of at least 4 members (excludes halogenated alkanes) is 3. The van der Waals surface area contributed by atoms with E-state index in [2.05, 4.69) is 19.1 Å². The van der Waals surface area contributed by atoms with Crippen LogP contribution in [-0.4, -0.2) is 6.61 Å². The quantitative estimate of drug-likeness (QED) is 0.178. The van der Waals surface area contributed by atoms with E-state index in [4.69, 9.17) is 4.74 Å². The molecule has 3 aliphatic rings. The molecule has 0 amide bonds. The first-order chi connectivity index (χ1) is 19.1. The Kier molecular flexibility index (Phi) is 12.7. The highest BCUT2D eigenvalue weighted by molar-refractivity contribution is 5.33. The lowest BCUT2D eigenvalue weighted by Gasteiger charge is -2.37. The van der Waals surface area contributed by atoms with Gasteiger partial charge in [-0.05, 0) is 131 Å². The second kappa shape index (κ2) is 16.2. The maximum atomic E-state index is 14.6. The zero-order chi connectivity index (χ0) is 27.5. The highest BCUT2D eigenvalue weighted by atomic mass is 19.2. The largest absolute Gasteiger partial charge is 0.491 e. The van der Waals surface area contributed by atoms with Gasteiger partial charge in [0, 0.05) is 0 Å². The Balaban J connectivity index is 1.08. The second-order valence-electron chi connectivity index (χ2n) is 13.2. The molecule has 39 heavy (non-hydrogen) atoms. The van der Waals surface area contributed by atoms with E-state index < -0.39 is 11.6 Å². The Morgan fingerprint density at radius 3 is 2.03 bits per heavy atom. The topological polar surface area (TPSA) is 9.23 Å². The standard InChI is InChI=1S/C36H56F2O/c1-3-5-6-7-10-27-13-19-30(20-14-27)31-21-15-28(16-22-31)11-8-9-12-29-17-23-32(24-18-29)33-25-26-34(39-4-2)36(38)35(33)37/h8,11,25-32H,3-7,9-10,12-24H2,1-2H3/b11-8+. The molecule has 0 bridgehead atoms. The molecule has 0 atom stereocenters. The van der Waals surface area contributed by atoms with Gasteiger partial charge in [0.2, 0.25) is 5.82 Å². The van der Waals surface area contributed by atoms with Crippen molar-refractivity contribution in [1.82, 2.24) is 0 Å². The summed E-state index contributed by atoms with van der Waals surface area (Å²) in [6.45, 7) is 4.44. The van der Waals surface area contributed by atoms with Gasteiger partial charge in [-0.1, -0.05) is 70.1 Å². The first-order valence-electron chi connectivity index (χ1n) is 16.9. The van der Waals surface area contributed by atoms with Crippen LogP contribution in [0.1, 0.15) is 147 Å². The Hall–Kier alpha value is -1.38. The van der Waals surface area contributed by atoms with Crippen molar-refractivity contribution in [2.75, 3.05) is 6.61 Å². The molecular weight excluding hydrogens is 486 g/mol. The average molecular weight is 543 g/mol. The summed E-state index contributed by atoms with van der Waals surface area (Å²) < 4.78 is 34.2. The van der Waals surface area contributed by atoms with Crippen molar-refractivity contribution >= 4 is 0 Å². The van der Waals surface area contributed by atoms with Crippen molar-refractivity contribution in [1.29, 1.82) is 0 Å². The summed E-state index contributed by atoms with van der Waals surface area (Å²) in [5, 5.41) is 0. The monoisotopic (exact) mass is 542 g/mol. The molecule has 1 aromatic rings. The third-order valence-corrected chi connectivity index (χ3v) is 10.7. The molecule has 0 unspecified atom stereocenters. The van der Waals surface area contributed by atoms with Crippen LogP contribution in [0.2, 0.25) is 0 Å². The van der Waals surface area contributed by atoms with Crippen LogP contribution in [0.5, 0.6) is 5.75 Å². The molecule has 0 heterocycles. The Morgan fingerprint density at radius 1 is 0.718 bits per heavy atom. The van der Waals surface area contributed by atoms with Crippen LogP contribution < -0.4 is 4.74 Å². The van der Waals surface area contributed by atoms with Crippen LogP contribution in [-0.2, 0) is 0 Å². The summed E-state index contributed by atoms with van der Waals surface area (Å²) in [6, 6.07) is 3.34. The zero-order valence-electron chi connectivity index (χ0n) is 25.1. The van der Waals surface area contributed by atoms with Crippen LogP contribution in [0.25, 0.3) is 0 Å². The summed E-state index contributed by atoms with van der Waals surface area (Å²) in [6.07, 6.45) is 30.5. The summed E-state index contributed by atoms with van der Waals surface area (Å²) in [5.41, 5.74) is 0.542. The number of hydrogen-bond acceptors (Lipinski definition) is 1. The third kappa shape index (κ3) is 9.06. The molecule has 3 heteroatoms. The third-order valence-electron chi connectivity index (χ3n) is 10.7. The maximum absolute atomic E-state index is 14.6. The molecule has 3 fully saturated rings. The van der Waals surface area contributed by atoms with Crippen molar-refractivity contribution < 1.29 is 13.5 Å². The van der Waals surface area contributed by atoms with E-state index in [1.54, 1.807) is 19.1 Å². The number of allylic oxidation sites excluding steroid dienone is 2. The van der Waals surface area contributed by atoms with Gasteiger partial charge in [0.15, 0.2) is 11.6 Å². The van der Waals surface area contributed by atoms with E-state index in [1.807, 2.05) is 0 Å². The van der Waals surface area contributed by atoms with E-state index in [9.17, 15) is 8.78 Å². The molecule has 0 aromatic heterocycles. The maximum Gasteiger partial charge on any atom is 0.200 e. The average Bonchev–Trinajstić information content (AvgIpc) is 2.97. The van der Waals surface area contributed by atoms with Crippen molar-refractivity contribution in [3.05, 3.63) is 41.5 Å². The SMILES string of the molecule is CCCCCCC1CCC(C2CCC(/C=C/CCC3CCC(c4ccc(OCC)c(F)c4F)CC3)CC2)CC1. The summed E-state index contributed by atoms with van der Waals surface area (Å²) in [5.74, 6) is 3.21. The Bertz CT molecular complexity index is 855. The zero-order valence-corrected chi connectivity index (χ0v) is 25.1. The minimum atomic E-state index is -0.823. The van der Waals surface area contributed by atoms with Gasteiger partial charge in [-0.2, -0.15) is 4.39 Å². The van der Waals surface area contributed by atoms with Gasteiger partial charge in [-0.25, -0.2) is 4.39 Å². The van der Waals surface area contributed by atoms with Crippen LogP contribution in [0.15, 0.2) is 24.3 Å². The molecule has 0 N–H and O–H groups in total. The minimum absolute atomic E-state index is 0.0309. The number of halogens is 2. The highest BCUT2D eigenvalue weighted by Crippen LogP contribution is 2.43. The number of rotatable bonds is 13. The molecule has 1 aromatic carbocycles. The molecule has 3 aliphatic carbocycles. The lowest BCUT2D eigenvalue weighted by Crippen LogP contribution is -2.25. The normalized spacial score (nSPS) is 30.1. The van der Waals surface area contributed by atoms with Crippen LogP contribution in [0.3, 0.4) is 0 Å². The number of ether oxygens (including phenoxy) is 1. The molecule has 0 aliphatic heterocycles. The fourth-order valence-corrected chi connectivity index (χ4v) is 8.13. The van der Waals surface area contributed by atoms with E-state index in [0.717, 1.165) is 55.3 Å². The predicted octanol–water partition coefficient (Wildman–Crippen LogP) is 11.6. The van der Waals surface area contributed by atoms with E-state index >= 15 is 0 Å². The van der Waals surface area contributed by atoms with Gasteiger partial charge in [-0.15, -0.1) is 0 Å². The van der Waals surface area contributed by atoms with Gasteiger partial charge >= 0.3 is 0 Å². The van der Waals surface area contributed by atoms with Crippen LogP contribution in [0.4, 0.5) is 8.78 Å². The summed E-state index contributed by atoms with van der Waals surface area (Å²) in [4.78, 5) is 0. The van der Waals surface area contributed by atoms with Crippen molar-refractivity contribution in [2.45, 2.75) is 142 Å². The lowest BCUT2D eigenvalue weighted by molar-refractivity contribution is 0.151. The summed E-state index contributed by atoms with van der Waals surface area (Å²) in [7, 11) is 0. The first-order valence-corrected chi connectivity index (χ1v) is 16.9. The van der Waals surface area contributed by atoms with Crippen LogP contribution >= 0.6 is 0 Å². The van der Waals surface area contributed by atoms with Gasteiger partial charge in [-0.3, -0.25) is 0 Å². The molecule has 1 nitrogen and oxygen atoms in total. The molecule has 0 saturated heterocycles. The van der Waals surface area contributed by atoms with E-state index in [1.165, 1.54) is 96.3 Å². The molecule has 0 radical (unpaired) electrons. The van der Waals surface area contributed by atoms with Crippen molar-refractivity contribution in [3.63, 3.8) is 0 Å². The van der Waals surface area contributed by atoms with Gasteiger partial charge in [0.1, 0.15) is 0 Å². The minimum Gasteiger partial charge on any atom is -0.491 e. The fraction of sp³-hybridized carbons (Fsp3) is 0.778. The molecule has 3 saturated carbocycles. The molecule has 4 rings (SSSR count). The highest BCUT2D eigenvalue weighted by Gasteiger charge is 2.30.